The van der Waals surface area contributed by atoms with Crippen molar-refractivity contribution in [1.82, 2.24) is 4.90 Å². The van der Waals surface area contributed by atoms with Crippen LogP contribution in [0.25, 0.3) is 0 Å². The summed E-state index contributed by atoms with van der Waals surface area (Å²) in [6.07, 6.45) is 0.919. The zero-order valence-corrected chi connectivity index (χ0v) is 13.7. The summed E-state index contributed by atoms with van der Waals surface area (Å²) in [5.74, 6) is -0.714. The van der Waals surface area contributed by atoms with E-state index in [1.807, 2.05) is 48.5 Å². The highest BCUT2D eigenvalue weighted by molar-refractivity contribution is 5.89. The number of rotatable bonds is 2. The fraction of sp³-hybridized carbons (Fsp3) is 0.300. The van der Waals surface area contributed by atoms with Crippen molar-refractivity contribution < 1.29 is 19.4 Å². The van der Waals surface area contributed by atoms with Crippen LogP contribution >= 0.6 is 0 Å². The molecule has 0 spiro atoms. The maximum absolute atomic E-state index is 13.2. The Balaban J connectivity index is 1.68. The Morgan fingerprint density at radius 1 is 1.04 bits per heavy atom. The summed E-state index contributed by atoms with van der Waals surface area (Å²) in [6, 6.07) is 14.4. The lowest BCUT2D eigenvalue weighted by Crippen LogP contribution is -2.50. The molecule has 0 saturated heterocycles. The number of hydrogen-bond acceptors (Lipinski definition) is 3. The molecule has 1 N–H and O–H groups in total. The molecule has 2 heterocycles. The zero-order chi connectivity index (χ0) is 17.4. The maximum Gasteiger partial charge on any atom is 0.326 e. The highest BCUT2D eigenvalue weighted by atomic mass is 16.5. The Kier molecular flexibility index (Phi) is 3.92. The molecular formula is C20H19NO4. The highest BCUT2D eigenvalue weighted by Crippen LogP contribution is 2.36. The van der Waals surface area contributed by atoms with Crippen molar-refractivity contribution in [3.8, 4) is 5.75 Å². The lowest BCUT2D eigenvalue weighted by Gasteiger charge is -2.37. The van der Waals surface area contributed by atoms with Gasteiger partial charge < -0.3 is 14.7 Å². The average molecular weight is 337 g/mol. The molecule has 5 heteroatoms. The van der Waals surface area contributed by atoms with Crippen LogP contribution in [0.4, 0.5) is 0 Å². The predicted octanol–water partition coefficient (Wildman–Crippen LogP) is 2.59. The minimum absolute atomic E-state index is 0.127. The first-order valence-electron chi connectivity index (χ1n) is 8.47. The number of aliphatic carboxylic acids is 1. The van der Waals surface area contributed by atoms with Crippen LogP contribution in [-0.2, 0) is 22.6 Å². The van der Waals surface area contributed by atoms with E-state index in [1.54, 1.807) is 0 Å². The second-order valence-corrected chi connectivity index (χ2v) is 6.52. The van der Waals surface area contributed by atoms with Gasteiger partial charge in [0.2, 0.25) is 5.91 Å². The molecule has 2 aliphatic rings. The Labute approximate surface area is 145 Å². The van der Waals surface area contributed by atoms with E-state index in [0.29, 0.717) is 26.0 Å². The second kappa shape index (κ2) is 6.24. The summed E-state index contributed by atoms with van der Waals surface area (Å²) in [7, 11) is 0. The molecule has 0 fully saturated rings. The van der Waals surface area contributed by atoms with Crippen molar-refractivity contribution in [3.63, 3.8) is 0 Å². The van der Waals surface area contributed by atoms with Crippen molar-refractivity contribution in [3.05, 3.63) is 65.2 Å². The second-order valence-electron chi connectivity index (χ2n) is 6.52. The van der Waals surface area contributed by atoms with E-state index in [1.165, 1.54) is 4.90 Å². The van der Waals surface area contributed by atoms with Crippen LogP contribution in [0.1, 0.15) is 29.0 Å². The van der Waals surface area contributed by atoms with Gasteiger partial charge in [0.05, 0.1) is 12.5 Å². The molecule has 25 heavy (non-hydrogen) atoms. The van der Waals surface area contributed by atoms with Crippen LogP contribution in [0.5, 0.6) is 5.75 Å². The smallest absolute Gasteiger partial charge is 0.326 e. The fourth-order valence-corrected chi connectivity index (χ4v) is 3.77. The molecule has 0 aliphatic carbocycles. The highest BCUT2D eigenvalue weighted by Gasteiger charge is 2.39. The van der Waals surface area contributed by atoms with E-state index in [4.69, 9.17) is 4.74 Å². The lowest BCUT2D eigenvalue weighted by molar-refractivity contribution is -0.152. The number of carboxylic acid groups (broad SMARTS) is 1. The molecule has 4 rings (SSSR count). The number of para-hydroxylation sites is 1. The summed E-state index contributed by atoms with van der Waals surface area (Å²) >= 11 is 0. The molecule has 1 amide bonds. The number of ether oxygens (including phenoxy) is 1. The fourth-order valence-electron chi connectivity index (χ4n) is 3.77. The van der Waals surface area contributed by atoms with Gasteiger partial charge in [0.25, 0.3) is 0 Å². The molecule has 0 radical (unpaired) electrons. The number of benzene rings is 2. The van der Waals surface area contributed by atoms with Gasteiger partial charge in [-0.1, -0.05) is 42.5 Å². The molecule has 0 aromatic heterocycles. The largest absolute Gasteiger partial charge is 0.493 e. The Bertz CT molecular complexity index is 832. The maximum atomic E-state index is 13.2. The van der Waals surface area contributed by atoms with Crippen LogP contribution in [0.3, 0.4) is 0 Å². The van der Waals surface area contributed by atoms with E-state index < -0.39 is 12.0 Å². The molecule has 5 nitrogen and oxygen atoms in total. The molecule has 2 aromatic rings. The molecule has 2 aliphatic heterocycles. The predicted molar refractivity (Wildman–Crippen MR) is 91.4 cm³/mol. The quantitative estimate of drug-likeness (QED) is 0.915. The molecule has 0 unspecified atom stereocenters. The number of hydrogen-bond donors (Lipinski definition) is 1. The third-order valence-electron chi connectivity index (χ3n) is 5.07. The van der Waals surface area contributed by atoms with Crippen molar-refractivity contribution >= 4 is 11.9 Å². The van der Waals surface area contributed by atoms with Crippen molar-refractivity contribution in [2.45, 2.75) is 31.3 Å². The summed E-state index contributed by atoms with van der Waals surface area (Å²) in [4.78, 5) is 26.6. The van der Waals surface area contributed by atoms with Crippen LogP contribution in [0.2, 0.25) is 0 Å². The Hall–Kier alpha value is -2.82. The zero-order valence-electron chi connectivity index (χ0n) is 13.7. The average Bonchev–Trinajstić information content (AvgIpc) is 2.66. The van der Waals surface area contributed by atoms with Crippen LogP contribution in [0, 0.1) is 0 Å². The topological polar surface area (TPSA) is 66.8 Å². The van der Waals surface area contributed by atoms with Gasteiger partial charge in [-0.2, -0.15) is 0 Å². The van der Waals surface area contributed by atoms with Crippen molar-refractivity contribution in [2.24, 2.45) is 0 Å². The van der Waals surface area contributed by atoms with E-state index in [0.717, 1.165) is 22.4 Å². The van der Waals surface area contributed by atoms with Gasteiger partial charge in [-0.25, -0.2) is 4.79 Å². The molecule has 0 saturated carbocycles. The normalized spacial score (nSPS) is 21.7. The van der Waals surface area contributed by atoms with Gasteiger partial charge in [0.15, 0.2) is 0 Å². The lowest BCUT2D eigenvalue weighted by atomic mass is 9.88. The molecule has 0 bridgehead atoms. The SMILES string of the molecule is O=C(O)[C@@H]1Cc2ccccc2CN1C(=O)[C@H]1CCOc2ccccc21. The summed E-state index contributed by atoms with van der Waals surface area (Å²) < 4.78 is 5.63. The molecule has 2 aromatic carbocycles. The van der Waals surface area contributed by atoms with E-state index in [-0.39, 0.29) is 11.8 Å². The molecule has 2 atom stereocenters. The minimum Gasteiger partial charge on any atom is -0.493 e. The molecule has 128 valence electrons. The van der Waals surface area contributed by atoms with Crippen molar-refractivity contribution in [2.75, 3.05) is 6.61 Å². The third-order valence-corrected chi connectivity index (χ3v) is 5.07. The number of nitrogens with zero attached hydrogens (tertiary/aromatic N) is 1. The van der Waals surface area contributed by atoms with Crippen LogP contribution in [0.15, 0.2) is 48.5 Å². The Morgan fingerprint density at radius 2 is 1.76 bits per heavy atom. The third kappa shape index (κ3) is 2.76. The van der Waals surface area contributed by atoms with Gasteiger partial charge in [0, 0.05) is 18.5 Å². The first-order valence-corrected chi connectivity index (χ1v) is 8.47. The molecular weight excluding hydrogens is 318 g/mol. The first-order chi connectivity index (χ1) is 12.1. The Morgan fingerprint density at radius 3 is 2.56 bits per heavy atom. The van der Waals surface area contributed by atoms with Gasteiger partial charge in [-0.15, -0.1) is 0 Å². The number of carbonyl (C=O) groups is 2. The van der Waals surface area contributed by atoms with E-state index in [2.05, 4.69) is 0 Å². The summed E-state index contributed by atoms with van der Waals surface area (Å²) in [5.41, 5.74) is 2.88. The van der Waals surface area contributed by atoms with Crippen LogP contribution in [-0.4, -0.2) is 34.5 Å². The van der Waals surface area contributed by atoms with Gasteiger partial charge in [-0.3, -0.25) is 4.79 Å². The van der Waals surface area contributed by atoms with Crippen molar-refractivity contribution in [1.29, 1.82) is 0 Å². The van der Waals surface area contributed by atoms with E-state index >= 15 is 0 Å². The standard InChI is InChI=1S/C20H19NO4/c22-19(16-9-10-25-18-8-4-3-7-15(16)18)21-12-14-6-2-1-5-13(14)11-17(21)20(23)24/h1-8,16-17H,9-12H2,(H,23,24)/t16-,17-/m0/s1. The van der Waals surface area contributed by atoms with Crippen LogP contribution < -0.4 is 4.74 Å². The number of fused-ring (bicyclic) bond motifs is 2. The number of carbonyl (C=O) groups excluding carboxylic acids is 1. The van der Waals surface area contributed by atoms with Gasteiger partial charge in [-0.05, 0) is 23.6 Å². The monoisotopic (exact) mass is 337 g/mol. The minimum atomic E-state index is -0.955. The first kappa shape index (κ1) is 15.7. The number of carboxylic acids is 1. The summed E-state index contributed by atoms with van der Waals surface area (Å²) in [5, 5.41) is 9.66. The van der Waals surface area contributed by atoms with Gasteiger partial charge >= 0.3 is 5.97 Å². The number of amides is 1. The summed E-state index contributed by atoms with van der Waals surface area (Å²) in [6.45, 7) is 0.807. The van der Waals surface area contributed by atoms with Gasteiger partial charge in [0.1, 0.15) is 11.8 Å². The van der Waals surface area contributed by atoms with E-state index in [9.17, 15) is 14.7 Å².